The molecule has 5 nitrogen and oxygen atoms in total. The lowest BCUT2D eigenvalue weighted by Gasteiger charge is -2.48. The van der Waals surface area contributed by atoms with Crippen LogP contribution >= 0.6 is 0 Å². The Morgan fingerprint density at radius 1 is 1.45 bits per heavy atom. The van der Waals surface area contributed by atoms with Gasteiger partial charge >= 0.3 is 0 Å². The van der Waals surface area contributed by atoms with Crippen LogP contribution in [0, 0.1) is 5.92 Å². The van der Waals surface area contributed by atoms with Crippen LogP contribution in [-0.4, -0.2) is 47.6 Å². The number of nitrogens with zero attached hydrogens (tertiary/aromatic N) is 1. The summed E-state index contributed by atoms with van der Waals surface area (Å²) in [5.41, 5.74) is -0.351. The molecule has 0 radical (unpaired) electrons. The molecule has 0 aromatic rings. The molecule has 20 heavy (non-hydrogen) atoms. The van der Waals surface area contributed by atoms with Crippen LogP contribution in [0.15, 0.2) is 0 Å². The molecule has 3 unspecified atom stereocenters. The lowest BCUT2D eigenvalue weighted by molar-refractivity contribution is -0.159. The highest BCUT2D eigenvalue weighted by Gasteiger charge is 2.50. The van der Waals surface area contributed by atoms with Gasteiger partial charge in [-0.25, -0.2) is 0 Å². The van der Waals surface area contributed by atoms with Gasteiger partial charge in [0.2, 0.25) is 11.8 Å². The molecule has 114 valence electrons. The van der Waals surface area contributed by atoms with Crippen LogP contribution in [0.3, 0.4) is 0 Å². The molecule has 0 aromatic carbocycles. The van der Waals surface area contributed by atoms with Crippen LogP contribution < -0.4 is 5.32 Å². The summed E-state index contributed by atoms with van der Waals surface area (Å²) in [6.07, 6.45) is 2.38. The first-order valence-corrected chi connectivity index (χ1v) is 7.62. The standard InChI is InChI=1S/C15H26N2O3/c1-5-6-11-14(19)17(15(4)7-8-20-9-15)12(10(2)3)13(18)16-11/h10-12H,5-9H2,1-4H3,(H,16,18). The van der Waals surface area contributed by atoms with Gasteiger partial charge < -0.3 is 15.0 Å². The number of nitrogens with one attached hydrogen (secondary N) is 1. The van der Waals surface area contributed by atoms with Crippen molar-refractivity contribution >= 4 is 11.8 Å². The van der Waals surface area contributed by atoms with Gasteiger partial charge in [-0.1, -0.05) is 27.2 Å². The lowest BCUT2D eigenvalue weighted by Crippen LogP contribution is -2.70. The second-order valence-corrected chi connectivity index (χ2v) is 6.55. The van der Waals surface area contributed by atoms with E-state index in [2.05, 4.69) is 5.32 Å². The Bertz CT molecular complexity index is 389. The number of hydrogen-bond acceptors (Lipinski definition) is 3. The largest absolute Gasteiger partial charge is 0.379 e. The third-order valence-electron chi connectivity index (χ3n) is 4.39. The number of carbonyl (C=O) groups excluding carboxylic acids is 2. The van der Waals surface area contributed by atoms with Crippen LogP contribution in [0.5, 0.6) is 0 Å². The zero-order valence-electron chi connectivity index (χ0n) is 12.9. The molecule has 3 atom stereocenters. The monoisotopic (exact) mass is 282 g/mol. The van der Waals surface area contributed by atoms with Crippen LogP contribution in [0.2, 0.25) is 0 Å². The molecule has 1 N–H and O–H groups in total. The van der Waals surface area contributed by atoms with Gasteiger partial charge in [-0.3, -0.25) is 9.59 Å². The zero-order chi connectivity index (χ0) is 14.9. The maximum absolute atomic E-state index is 12.8. The minimum Gasteiger partial charge on any atom is -0.379 e. The predicted octanol–water partition coefficient (Wildman–Crippen LogP) is 1.32. The molecule has 0 aliphatic carbocycles. The molecule has 0 aromatic heterocycles. The summed E-state index contributed by atoms with van der Waals surface area (Å²) in [6.45, 7) is 9.22. The normalized spacial score (nSPS) is 34.8. The number of amides is 2. The molecular weight excluding hydrogens is 256 g/mol. The van der Waals surface area contributed by atoms with E-state index in [4.69, 9.17) is 4.74 Å². The van der Waals surface area contributed by atoms with E-state index in [-0.39, 0.29) is 35.4 Å². The molecule has 0 saturated carbocycles. The molecule has 2 fully saturated rings. The lowest BCUT2D eigenvalue weighted by atomic mass is 9.88. The smallest absolute Gasteiger partial charge is 0.246 e. The van der Waals surface area contributed by atoms with Crippen molar-refractivity contribution in [1.82, 2.24) is 10.2 Å². The average Bonchev–Trinajstić information content (AvgIpc) is 2.80. The van der Waals surface area contributed by atoms with E-state index in [0.29, 0.717) is 19.6 Å². The first kappa shape index (κ1) is 15.3. The van der Waals surface area contributed by atoms with Gasteiger partial charge in [0.15, 0.2) is 0 Å². The van der Waals surface area contributed by atoms with E-state index < -0.39 is 0 Å². The van der Waals surface area contributed by atoms with Crippen LogP contribution in [-0.2, 0) is 14.3 Å². The highest BCUT2D eigenvalue weighted by atomic mass is 16.5. The highest BCUT2D eigenvalue weighted by molar-refractivity contribution is 5.97. The minimum absolute atomic E-state index is 0.0221. The van der Waals surface area contributed by atoms with Gasteiger partial charge in [0.25, 0.3) is 0 Å². The predicted molar refractivity (Wildman–Crippen MR) is 76.2 cm³/mol. The third-order valence-corrected chi connectivity index (χ3v) is 4.39. The fraction of sp³-hybridized carbons (Fsp3) is 0.867. The molecule has 2 aliphatic rings. The Hall–Kier alpha value is -1.10. The van der Waals surface area contributed by atoms with E-state index in [1.54, 1.807) is 0 Å². The molecule has 5 heteroatoms. The van der Waals surface area contributed by atoms with Crippen molar-refractivity contribution in [2.75, 3.05) is 13.2 Å². The molecule has 2 aliphatic heterocycles. The Morgan fingerprint density at radius 3 is 2.65 bits per heavy atom. The summed E-state index contributed by atoms with van der Waals surface area (Å²) < 4.78 is 5.49. The number of hydrogen-bond donors (Lipinski definition) is 1. The SMILES string of the molecule is CCCC1NC(=O)C(C(C)C)N(C2(C)CCOC2)C1=O. The van der Waals surface area contributed by atoms with Gasteiger partial charge in [0.1, 0.15) is 12.1 Å². The van der Waals surface area contributed by atoms with Crippen molar-refractivity contribution in [2.45, 2.75) is 64.6 Å². The first-order valence-electron chi connectivity index (χ1n) is 7.62. The Morgan fingerprint density at radius 2 is 2.15 bits per heavy atom. The van der Waals surface area contributed by atoms with Crippen LogP contribution in [0.25, 0.3) is 0 Å². The van der Waals surface area contributed by atoms with Crippen molar-refractivity contribution in [3.05, 3.63) is 0 Å². The topological polar surface area (TPSA) is 58.6 Å². The maximum atomic E-state index is 12.8. The molecule has 0 spiro atoms. The maximum Gasteiger partial charge on any atom is 0.246 e. The van der Waals surface area contributed by atoms with Gasteiger partial charge in [0.05, 0.1) is 12.1 Å². The van der Waals surface area contributed by atoms with Gasteiger partial charge in [-0.15, -0.1) is 0 Å². The summed E-state index contributed by atoms with van der Waals surface area (Å²) >= 11 is 0. The van der Waals surface area contributed by atoms with Crippen molar-refractivity contribution in [2.24, 2.45) is 5.92 Å². The number of piperazine rings is 1. The van der Waals surface area contributed by atoms with Crippen molar-refractivity contribution in [1.29, 1.82) is 0 Å². The van der Waals surface area contributed by atoms with E-state index in [1.165, 1.54) is 0 Å². The minimum atomic E-state index is -0.387. The van der Waals surface area contributed by atoms with Gasteiger partial charge in [-0.2, -0.15) is 0 Å². The summed E-state index contributed by atoms with van der Waals surface area (Å²) in [7, 11) is 0. The van der Waals surface area contributed by atoms with E-state index in [1.807, 2.05) is 32.6 Å². The Labute approximate surface area is 121 Å². The second kappa shape index (κ2) is 5.72. The van der Waals surface area contributed by atoms with Crippen molar-refractivity contribution < 1.29 is 14.3 Å². The Balaban J connectivity index is 2.33. The summed E-state index contributed by atoms with van der Waals surface area (Å²) in [5.74, 6) is 0.128. The van der Waals surface area contributed by atoms with E-state index >= 15 is 0 Å². The zero-order valence-corrected chi connectivity index (χ0v) is 12.9. The average molecular weight is 282 g/mol. The summed E-state index contributed by atoms with van der Waals surface area (Å²) in [5, 5.41) is 2.90. The van der Waals surface area contributed by atoms with Crippen LogP contribution in [0.1, 0.15) is 47.0 Å². The second-order valence-electron chi connectivity index (χ2n) is 6.55. The van der Waals surface area contributed by atoms with Crippen molar-refractivity contribution in [3.63, 3.8) is 0 Å². The molecular formula is C15H26N2O3. The van der Waals surface area contributed by atoms with Crippen LogP contribution in [0.4, 0.5) is 0 Å². The number of carbonyl (C=O) groups is 2. The van der Waals surface area contributed by atoms with Gasteiger partial charge in [-0.05, 0) is 25.7 Å². The van der Waals surface area contributed by atoms with E-state index in [9.17, 15) is 9.59 Å². The third kappa shape index (κ3) is 2.55. The van der Waals surface area contributed by atoms with E-state index in [0.717, 1.165) is 12.8 Å². The highest BCUT2D eigenvalue weighted by Crippen LogP contribution is 2.33. The fourth-order valence-electron chi connectivity index (χ4n) is 3.27. The molecule has 2 saturated heterocycles. The van der Waals surface area contributed by atoms with Gasteiger partial charge in [0, 0.05) is 6.61 Å². The molecule has 0 bridgehead atoms. The molecule has 2 amide bonds. The van der Waals surface area contributed by atoms with Crippen molar-refractivity contribution in [3.8, 4) is 0 Å². The fourth-order valence-corrected chi connectivity index (χ4v) is 3.27. The number of ether oxygens (including phenoxy) is 1. The number of rotatable bonds is 4. The first-order chi connectivity index (χ1) is 9.40. The summed E-state index contributed by atoms with van der Waals surface area (Å²) in [4.78, 5) is 27.1. The molecule has 2 rings (SSSR count). The quantitative estimate of drug-likeness (QED) is 0.846. The molecule has 2 heterocycles. The summed E-state index contributed by atoms with van der Waals surface area (Å²) in [6, 6.07) is -0.762. The Kier molecular flexibility index (Phi) is 4.37.